The maximum absolute atomic E-state index is 5.97. The predicted octanol–water partition coefficient (Wildman–Crippen LogP) is 1.41. The normalized spacial score (nSPS) is 14.1. The molecule has 0 radical (unpaired) electrons. The van der Waals surface area contributed by atoms with Crippen LogP contribution in [0.4, 0.5) is 5.82 Å². The van der Waals surface area contributed by atoms with E-state index in [0.717, 1.165) is 5.56 Å². The monoisotopic (exact) mass is 268 g/mol. The number of hydrogen-bond donors (Lipinski definition) is 2. The van der Waals surface area contributed by atoms with Crippen LogP contribution in [0.3, 0.4) is 0 Å². The van der Waals surface area contributed by atoms with E-state index in [1.54, 1.807) is 12.5 Å². The maximum atomic E-state index is 5.97. The molecule has 6 nitrogen and oxygen atoms in total. The lowest BCUT2D eigenvalue weighted by Gasteiger charge is -2.30. The maximum Gasteiger partial charge on any atom is 0.203 e. The third-order valence-electron chi connectivity index (χ3n) is 3.43. The summed E-state index contributed by atoms with van der Waals surface area (Å²) >= 11 is 0. The van der Waals surface area contributed by atoms with Crippen molar-refractivity contribution in [2.75, 3.05) is 11.9 Å². The third kappa shape index (κ3) is 2.10. The quantitative estimate of drug-likeness (QED) is 0.747. The number of nitrogens with one attached hydrogen (secondary N) is 1. The molecule has 0 amide bonds. The van der Waals surface area contributed by atoms with Crippen LogP contribution in [0.5, 0.6) is 0 Å². The molecule has 0 fully saturated rings. The molecule has 1 unspecified atom stereocenters. The molecule has 3 aromatic rings. The summed E-state index contributed by atoms with van der Waals surface area (Å²) in [6.45, 7) is 2.48. The van der Waals surface area contributed by atoms with E-state index in [4.69, 9.17) is 5.73 Å². The number of nitrogens with two attached hydrogens (primary N) is 1. The van der Waals surface area contributed by atoms with Crippen LogP contribution in [0, 0.1) is 0 Å². The molecule has 3 rings (SSSR count). The Morgan fingerprint density at radius 1 is 1.30 bits per heavy atom. The second kappa shape index (κ2) is 4.90. The molecule has 0 aliphatic carbocycles. The van der Waals surface area contributed by atoms with Crippen molar-refractivity contribution in [3.63, 3.8) is 0 Å². The Labute approximate surface area is 116 Å². The van der Waals surface area contributed by atoms with Gasteiger partial charge in [0.05, 0.1) is 5.54 Å². The number of benzene rings is 1. The number of hydrogen-bond acceptors (Lipinski definition) is 5. The summed E-state index contributed by atoms with van der Waals surface area (Å²) in [6, 6.07) is 10.1. The SMILES string of the molecule is CC(CN)(Nc1nccn2cnnc12)c1ccccc1. The summed E-state index contributed by atoms with van der Waals surface area (Å²) in [4.78, 5) is 4.35. The Morgan fingerprint density at radius 3 is 2.85 bits per heavy atom. The second-order valence-electron chi connectivity index (χ2n) is 4.86. The van der Waals surface area contributed by atoms with Crippen molar-refractivity contribution >= 4 is 11.5 Å². The topological polar surface area (TPSA) is 81.1 Å². The van der Waals surface area contributed by atoms with Gasteiger partial charge >= 0.3 is 0 Å². The van der Waals surface area contributed by atoms with E-state index in [-0.39, 0.29) is 0 Å². The van der Waals surface area contributed by atoms with Crippen LogP contribution in [0.25, 0.3) is 5.65 Å². The predicted molar refractivity (Wildman–Crippen MR) is 77.3 cm³/mol. The molecule has 0 aliphatic heterocycles. The molecule has 0 saturated carbocycles. The van der Waals surface area contributed by atoms with Crippen molar-refractivity contribution in [1.29, 1.82) is 0 Å². The fourth-order valence-corrected chi connectivity index (χ4v) is 2.16. The Morgan fingerprint density at radius 2 is 2.10 bits per heavy atom. The standard InChI is InChI=1S/C14H16N6/c1-14(9-15,11-5-3-2-4-6-11)18-12-13-19-17-10-20(13)8-7-16-12/h2-8,10H,9,15H2,1H3,(H,16,18). The molecule has 3 N–H and O–H groups in total. The average molecular weight is 268 g/mol. The van der Waals surface area contributed by atoms with Crippen molar-refractivity contribution < 1.29 is 0 Å². The first-order valence-corrected chi connectivity index (χ1v) is 6.41. The highest BCUT2D eigenvalue weighted by Crippen LogP contribution is 2.25. The molecule has 20 heavy (non-hydrogen) atoms. The van der Waals surface area contributed by atoms with Crippen LogP contribution in [-0.4, -0.2) is 26.1 Å². The number of fused-ring (bicyclic) bond motifs is 1. The molecular weight excluding hydrogens is 252 g/mol. The molecule has 0 aliphatic rings. The molecule has 0 bridgehead atoms. The highest BCUT2D eigenvalue weighted by molar-refractivity contribution is 5.63. The van der Waals surface area contributed by atoms with Gasteiger partial charge in [-0.3, -0.25) is 4.40 Å². The number of rotatable bonds is 4. The minimum Gasteiger partial charge on any atom is -0.356 e. The van der Waals surface area contributed by atoms with Gasteiger partial charge in [-0.2, -0.15) is 0 Å². The summed E-state index contributed by atoms with van der Waals surface area (Å²) in [5.41, 5.74) is 7.34. The molecule has 1 aromatic carbocycles. The van der Waals surface area contributed by atoms with Crippen molar-refractivity contribution in [1.82, 2.24) is 19.6 Å². The van der Waals surface area contributed by atoms with E-state index in [0.29, 0.717) is 18.0 Å². The lowest BCUT2D eigenvalue weighted by Crippen LogP contribution is -2.40. The number of aromatic nitrogens is 4. The number of anilines is 1. The Hall–Kier alpha value is -2.47. The molecule has 6 heteroatoms. The van der Waals surface area contributed by atoms with Gasteiger partial charge in [0.2, 0.25) is 5.65 Å². The first-order valence-electron chi connectivity index (χ1n) is 6.41. The van der Waals surface area contributed by atoms with Gasteiger partial charge in [-0.15, -0.1) is 10.2 Å². The summed E-state index contributed by atoms with van der Waals surface area (Å²) in [6.07, 6.45) is 5.16. The van der Waals surface area contributed by atoms with Crippen molar-refractivity contribution in [3.05, 3.63) is 54.6 Å². The highest BCUT2D eigenvalue weighted by Gasteiger charge is 2.26. The molecule has 0 saturated heterocycles. The van der Waals surface area contributed by atoms with Crippen molar-refractivity contribution in [2.45, 2.75) is 12.5 Å². The zero-order valence-electron chi connectivity index (χ0n) is 11.2. The van der Waals surface area contributed by atoms with Gasteiger partial charge < -0.3 is 11.1 Å². The van der Waals surface area contributed by atoms with E-state index in [9.17, 15) is 0 Å². The molecule has 0 spiro atoms. The zero-order chi connectivity index (χ0) is 14.0. The van der Waals surface area contributed by atoms with Gasteiger partial charge in [0.1, 0.15) is 6.33 Å². The Balaban J connectivity index is 2.01. The van der Waals surface area contributed by atoms with Crippen LogP contribution in [0.2, 0.25) is 0 Å². The van der Waals surface area contributed by atoms with Crippen LogP contribution < -0.4 is 11.1 Å². The minimum absolute atomic E-state index is 0.415. The van der Waals surface area contributed by atoms with Crippen LogP contribution in [-0.2, 0) is 5.54 Å². The zero-order valence-corrected chi connectivity index (χ0v) is 11.2. The summed E-state index contributed by atoms with van der Waals surface area (Å²) in [5, 5.41) is 11.4. The van der Waals surface area contributed by atoms with Crippen molar-refractivity contribution in [2.24, 2.45) is 5.73 Å². The van der Waals surface area contributed by atoms with E-state index in [1.807, 2.05) is 47.9 Å². The minimum atomic E-state index is -0.415. The average Bonchev–Trinajstić information content (AvgIpc) is 2.98. The molecule has 102 valence electrons. The van der Waals surface area contributed by atoms with E-state index in [1.165, 1.54) is 0 Å². The Bertz CT molecular complexity index is 708. The van der Waals surface area contributed by atoms with E-state index >= 15 is 0 Å². The Kier molecular flexibility index (Phi) is 3.08. The fraction of sp³-hybridized carbons (Fsp3) is 0.214. The molecule has 2 heterocycles. The van der Waals surface area contributed by atoms with E-state index < -0.39 is 5.54 Å². The number of nitrogens with zero attached hydrogens (tertiary/aromatic N) is 4. The van der Waals surface area contributed by atoms with Gasteiger partial charge in [-0.1, -0.05) is 30.3 Å². The summed E-state index contributed by atoms with van der Waals surface area (Å²) in [7, 11) is 0. The lowest BCUT2D eigenvalue weighted by molar-refractivity contribution is 0.554. The van der Waals surface area contributed by atoms with Crippen molar-refractivity contribution in [3.8, 4) is 0 Å². The van der Waals surface area contributed by atoms with Gasteiger partial charge in [-0.05, 0) is 12.5 Å². The lowest BCUT2D eigenvalue weighted by atomic mass is 9.92. The first kappa shape index (κ1) is 12.6. The molecule has 1 atom stereocenters. The largest absolute Gasteiger partial charge is 0.356 e. The van der Waals surface area contributed by atoms with Crippen LogP contribution >= 0.6 is 0 Å². The highest BCUT2D eigenvalue weighted by atomic mass is 15.3. The van der Waals surface area contributed by atoms with Gasteiger partial charge in [0.25, 0.3) is 0 Å². The summed E-state index contributed by atoms with van der Waals surface area (Å²) < 4.78 is 1.82. The third-order valence-corrected chi connectivity index (χ3v) is 3.43. The van der Waals surface area contributed by atoms with Gasteiger partial charge in [0, 0.05) is 18.9 Å². The van der Waals surface area contributed by atoms with Crippen LogP contribution in [0.15, 0.2) is 49.1 Å². The summed E-state index contributed by atoms with van der Waals surface area (Å²) in [5.74, 6) is 0.668. The fourth-order valence-electron chi connectivity index (χ4n) is 2.16. The van der Waals surface area contributed by atoms with E-state index in [2.05, 4.69) is 20.5 Å². The second-order valence-corrected chi connectivity index (χ2v) is 4.86. The first-order chi connectivity index (χ1) is 9.73. The van der Waals surface area contributed by atoms with Gasteiger partial charge in [0.15, 0.2) is 5.82 Å². The van der Waals surface area contributed by atoms with Crippen LogP contribution in [0.1, 0.15) is 12.5 Å². The van der Waals surface area contributed by atoms with Gasteiger partial charge in [-0.25, -0.2) is 4.98 Å². The smallest absolute Gasteiger partial charge is 0.203 e. The molecular formula is C14H16N6. The molecule has 2 aromatic heterocycles.